The van der Waals surface area contributed by atoms with Crippen molar-refractivity contribution in [2.75, 3.05) is 36.4 Å². The number of hydrogen-bond donors (Lipinski definition) is 1. The van der Waals surface area contributed by atoms with Gasteiger partial charge in [0.25, 0.3) is 0 Å². The highest BCUT2D eigenvalue weighted by molar-refractivity contribution is 5.89. The van der Waals surface area contributed by atoms with Crippen LogP contribution in [0.1, 0.15) is 35.1 Å². The number of amides is 2. The Morgan fingerprint density at radius 1 is 1.00 bits per heavy atom. The Kier molecular flexibility index (Phi) is 6.87. The molecule has 1 saturated heterocycles. The number of halogens is 1. The monoisotopic (exact) mass is 447 g/mol. The van der Waals surface area contributed by atoms with Crippen LogP contribution in [0.2, 0.25) is 0 Å². The molecule has 3 aromatic rings. The number of carbonyl (C=O) groups is 1. The van der Waals surface area contributed by atoms with Crippen LogP contribution in [0, 0.1) is 19.7 Å². The Balaban J connectivity index is 1.45. The molecule has 0 bridgehead atoms. The van der Waals surface area contributed by atoms with E-state index in [1.165, 1.54) is 11.6 Å². The number of rotatable bonds is 5. The minimum Gasteiger partial charge on any atom is -0.353 e. The van der Waals surface area contributed by atoms with Crippen molar-refractivity contribution in [3.63, 3.8) is 0 Å². The third-order valence-electron chi connectivity index (χ3n) is 6.05. The lowest BCUT2D eigenvalue weighted by Crippen LogP contribution is -2.50. The zero-order chi connectivity index (χ0) is 23.4. The molecule has 0 atom stereocenters. The third kappa shape index (κ3) is 5.48. The van der Waals surface area contributed by atoms with Gasteiger partial charge < -0.3 is 15.1 Å². The smallest absolute Gasteiger partial charge is 0.321 e. The van der Waals surface area contributed by atoms with Gasteiger partial charge in [0.15, 0.2) is 0 Å². The highest BCUT2D eigenvalue weighted by Crippen LogP contribution is 2.25. The molecule has 1 aliphatic heterocycles. The lowest BCUT2D eigenvalue weighted by atomic mass is 10.0. The molecule has 33 heavy (non-hydrogen) atoms. The first kappa shape index (κ1) is 22.7. The van der Waals surface area contributed by atoms with E-state index in [-0.39, 0.29) is 11.8 Å². The van der Waals surface area contributed by atoms with Gasteiger partial charge in [0.2, 0.25) is 0 Å². The number of urea groups is 1. The van der Waals surface area contributed by atoms with E-state index < -0.39 is 0 Å². The van der Waals surface area contributed by atoms with Crippen LogP contribution in [-0.2, 0) is 12.8 Å². The number of aryl methyl sites for hydroxylation is 3. The summed E-state index contributed by atoms with van der Waals surface area (Å²) >= 11 is 0. The Hall–Kier alpha value is -3.48. The second-order valence-corrected chi connectivity index (χ2v) is 8.42. The normalized spacial score (nSPS) is 13.8. The van der Waals surface area contributed by atoms with Crippen LogP contribution in [0.5, 0.6) is 0 Å². The van der Waals surface area contributed by atoms with E-state index in [4.69, 9.17) is 4.98 Å². The van der Waals surface area contributed by atoms with E-state index in [0.29, 0.717) is 38.4 Å². The van der Waals surface area contributed by atoms with Gasteiger partial charge in [0.1, 0.15) is 17.5 Å². The van der Waals surface area contributed by atoms with E-state index >= 15 is 0 Å². The Bertz CT molecular complexity index is 1120. The zero-order valence-electron chi connectivity index (χ0n) is 19.4. The van der Waals surface area contributed by atoms with Gasteiger partial charge in [0, 0.05) is 49.5 Å². The predicted molar refractivity (Wildman–Crippen MR) is 129 cm³/mol. The summed E-state index contributed by atoms with van der Waals surface area (Å²) in [5.41, 5.74) is 4.83. The Labute approximate surface area is 194 Å². The molecule has 6 nitrogen and oxygen atoms in total. The average Bonchev–Trinajstić information content (AvgIpc) is 2.81. The van der Waals surface area contributed by atoms with Crippen LogP contribution in [0.4, 0.5) is 20.7 Å². The summed E-state index contributed by atoms with van der Waals surface area (Å²) in [6, 6.07) is 14.5. The molecule has 172 valence electrons. The van der Waals surface area contributed by atoms with Gasteiger partial charge in [-0.1, -0.05) is 31.2 Å². The van der Waals surface area contributed by atoms with Gasteiger partial charge in [-0.25, -0.2) is 19.2 Å². The van der Waals surface area contributed by atoms with E-state index in [2.05, 4.69) is 22.1 Å². The highest BCUT2D eigenvalue weighted by atomic mass is 19.1. The predicted octanol–water partition coefficient (Wildman–Crippen LogP) is 4.74. The topological polar surface area (TPSA) is 61.4 Å². The molecule has 0 unspecified atom stereocenters. The van der Waals surface area contributed by atoms with Crippen LogP contribution >= 0.6 is 0 Å². The molecule has 0 saturated carbocycles. The summed E-state index contributed by atoms with van der Waals surface area (Å²) in [7, 11) is 0. The molecule has 0 aliphatic carbocycles. The van der Waals surface area contributed by atoms with Crippen LogP contribution in [0.25, 0.3) is 0 Å². The molecule has 0 radical (unpaired) electrons. The van der Waals surface area contributed by atoms with Crippen molar-refractivity contribution in [2.24, 2.45) is 0 Å². The number of nitrogens with zero attached hydrogens (tertiary/aromatic N) is 4. The molecule has 1 N–H and O–H groups in total. The maximum absolute atomic E-state index is 13.7. The number of nitrogens with one attached hydrogen (secondary N) is 1. The standard InChI is InChI=1S/C26H30FN5O/c1-4-20-8-10-23(11-9-20)30-26(33)32-14-12-31(13-15-32)25-24(18(2)28-19(3)29-25)17-21-6-5-7-22(27)16-21/h5-11,16H,4,12-15,17H2,1-3H3,(H,30,33). The van der Waals surface area contributed by atoms with Gasteiger partial charge in [-0.05, 0) is 55.7 Å². The molecular formula is C26H30FN5O. The first-order valence-corrected chi connectivity index (χ1v) is 11.4. The molecule has 4 rings (SSSR count). The SMILES string of the molecule is CCc1ccc(NC(=O)N2CCN(c3nc(C)nc(C)c3Cc3cccc(F)c3)CC2)cc1. The van der Waals surface area contributed by atoms with E-state index in [0.717, 1.165) is 34.7 Å². The number of hydrogen-bond acceptors (Lipinski definition) is 4. The van der Waals surface area contributed by atoms with Crippen LogP contribution in [0.15, 0.2) is 48.5 Å². The van der Waals surface area contributed by atoms with Crippen molar-refractivity contribution in [1.29, 1.82) is 0 Å². The molecule has 1 fully saturated rings. The first-order chi connectivity index (χ1) is 15.9. The van der Waals surface area contributed by atoms with Crippen LogP contribution in [-0.4, -0.2) is 47.1 Å². The molecule has 7 heteroatoms. The van der Waals surface area contributed by atoms with Crippen molar-refractivity contribution in [3.05, 3.63) is 82.6 Å². The van der Waals surface area contributed by atoms with Crippen LogP contribution < -0.4 is 10.2 Å². The van der Waals surface area contributed by atoms with Crippen molar-refractivity contribution in [1.82, 2.24) is 14.9 Å². The van der Waals surface area contributed by atoms with Crippen molar-refractivity contribution in [2.45, 2.75) is 33.6 Å². The third-order valence-corrected chi connectivity index (χ3v) is 6.05. The Morgan fingerprint density at radius 2 is 1.73 bits per heavy atom. The average molecular weight is 448 g/mol. The number of benzene rings is 2. The lowest BCUT2D eigenvalue weighted by Gasteiger charge is -2.36. The number of carbonyl (C=O) groups excluding carboxylic acids is 1. The van der Waals surface area contributed by atoms with E-state index in [9.17, 15) is 9.18 Å². The van der Waals surface area contributed by atoms with Crippen molar-refractivity contribution < 1.29 is 9.18 Å². The van der Waals surface area contributed by atoms with Gasteiger partial charge in [-0.2, -0.15) is 0 Å². The van der Waals surface area contributed by atoms with E-state index in [1.54, 1.807) is 12.1 Å². The number of aromatic nitrogens is 2. The number of piperazine rings is 1. The number of anilines is 2. The fourth-order valence-corrected chi connectivity index (χ4v) is 4.18. The minimum atomic E-state index is -0.247. The molecular weight excluding hydrogens is 417 g/mol. The fourth-order valence-electron chi connectivity index (χ4n) is 4.18. The summed E-state index contributed by atoms with van der Waals surface area (Å²) in [6.45, 7) is 8.51. The maximum atomic E-state index is 13.7. The maximum Gasteiger partial charge on any atom is 0.321 e. The van der Waals surface area contributed by atoms with Crippen molar-refractivity contribution in [3.8, 4) is 0 Å². The summed E-state index contributed by atoms with van der Waals surface area (Å²) < 4.78 is 13.7. The van der Waals surface area contributed by atoms with Gasteiger partial charge in [0.05, 0.1) is 0 Å². The van der Waals surface area contributed by atoms with Crippen LogP contribution in [0.3, 0.4) is 0 Å². The minimum absolute atomic E-state index is 0.0890. The second-order valence-electron chi connectivity index (χ2n) is 8.42. The van der Waals surface area contributed by atoms with Gasteiger partial charge in [-0.3, -0.25) is 0 Å². The van der Waals surface area contributed by atoms with Crippen molar-refractivity contribution >= 4 is 17.5 Å². The quantitative estimate of drug-likeness (QED) is 0.614. The Morgan fingerprint density at radius 3 is 2.39 bits per heavy atom. The van der Waals surface area contributed by atoms with E-state index in [1.807, 2.05) is 49.1 Å². The molecule has 2 amide bonds. The zero-order valence-corrected chi connectivity index (χ0v) is 19.4. The molecule has 0 spiro atoms. The molecule has 2 heterocycles. The summed E-state index contributed by atoms with van der Waals surface area (Å²) in [6.07, 6.45) is 1.53. The molecule has 2 aromatic carbocycles. The molecule has 1 aromatic heterocycles. The molecule has 1 aliphatic rings. The summed E-state index contributed by atoms with van der Waals surface area (Å²) in [5.74, 6) is 1.34. The highest BCUT2D eigenvalue weighted by Gasteiger charge is 2.25. The summed E-state index contributed by atoms with van der Waals surface area (Å²) in [5, 5.41) is 2.99. The fraction of sp³-hybridized carbons (Fsp3) is 0.346. The van der Waals surface area contributed by atoms with Gasteiger partial charge in [-0.15, -0.1) is 0 Å². The van der Waals surface area contributed by atoms with Gasteiger partial charge >= 0.3 is 6.03 Å². The lowest BCUT2D eigenvalue weighted by molar-refractivity contribution is 0.208. The first-order valence-electron chi connectivity index (χ1n) is 11.4. The second kappa shape index (κ2) is 9.98. The largest absolute Gasteiger partial charge is 0.353 e. The summed E-state index contributed by atoms with van der Waals surface area (Å²) in [4.78, 5) is 26.1.